The number of carbonyl (C=O) groups excluding carboxylic acids is 2. The number of amides is 2. The van der Waals surface area contributed by atoms with Gasteiger partial charge in [0, 0.05) is 18.5 Å². The molecular weight excluding hydrogens is 404 g/mol. The molecule has 1 fully saturated rings. The number of carbonyl (C=O) groups is 2. The van der Waals surface area contributed by atoms with E-state index in [-0.39, 0.29) is 25.5 Å². The Morgan fingerprint density at radius 3 is 2.50 bits per heavy atom. The van der Waals surface area contributed by atoms with E-state index in [1.54, 1.807) is 36.3 Å². The van der Waals surface area contributed by atoms with E-state index in [1.165, 1.54) is 0 Å². The first-order chi connectivity index (χ1) is 15.5. The van der Waals surface area contributed by atoms with Crippen LogP contribution in [0.4, 0.5) is 0 Å². The summed E-state index contributed by atoms with van der Waals surface area (Å²) in [5.41, 5.74) is 8.08. The lowest BCUT2D eigenvalue weighted by atomic mass is 9.90. The van der Waals surface area contributed by atoms with Crippen molar-refractivity contribution in [3.63, 3.8) is 0 Å². The zero-order valence-corrected chi connectivity index (χ0v) is 18.0. The summed E-state index contributed by atoms with van der Waals surface area (Å²) in [6.07, 6.45) is 0.283. The fourth-order valence-corrected chi connectivity index (χ4v) is 4.06. The molecule has 3 aromatic carbocycles. The van der Waals surface area contributed by atoms with E-state index in [2.05, 4.69) is 0 Å². The van der Waals surface area contributed by atoms with Crippen LogP contribution in [0.2, 0.25) is 0 Å². The average molecular weight is 431 g/mol. The van der Waals surface area contributed by atoms with Crippen LogP contribution in [0.15, 0.2) is 78.9 Å². The van der Waals surface area contributed by atoms with E-state index in [9.17, 15) is 9.59 Å². The van der Waals surface area contributed by atoms with Crippen LogP contribution in [0.5, 0.6) is 5.75 Å². The highest BCUT2D eigenvalue weighted by Crippen LogP contribution is 2.27. The molecule has 6 heteroatoms. The number of hydrogen-bond donors (Lipinski definition) is 1. The average Bonchev–Trinajstić information content (AvgIpc) is 2.84. The maximum Gasteiger partial charge on any atom is 0.254 e. The van der Waals surface area contributed by atoms with E-state index in [0.29, 0.717) is 17.9 Å². The first kappa shape index (κ1) is 21.6. The molecule has 1 aliphatic heterocycles. The van der Waals surface area contributed by atoms with Gasteiger partial charge in [-0.1, -0.05) is 60.7 Å². The Bertz CT molecular complexity index is 1120. The fraction of sp³-hybridized carbons (Fsp3) is 0.231. The second-order valence-electron chi connectivity index (χ2n) is 7.91. The minimum atomic E-state index is -1.29. The second-order valence-corrected chi connectivity index (χ2v) is 7.91. The SMILES string of the molecule is COc1cccc(C(=O)N2CCO[C@@](Cc3cccc(-c4ccccc4)c3)(C(N)=O)C2)c1. The van der Waals surface area contributed by atoms with Crippen molar-refractivity contribution in [2.75, 3.05) is 26.8 Å². The first-order valence-electron chi connectivity index (χ1n) is 10.5. The van der Waals surface area contributed by atoms with Crippen molar-refractivity contribution in [3.8, 4) is 16.9 Å². The maximum absolute atomic E-state index is 13.1. The smallest absolute Gasteiger partial charge is 0.254 e. The Morgan fingerprint density at radius 2 is 1.75 bits per heavy atom. The Balaban J connectivity index is 1.58. The molecule has 0 aromatic heterocycles. The normalized spacial score (nSPS) is 18.2. The lowest BCUT2D eigenvalue weighted by Gasteiger charge is -2.40. The van der Waals surface area contributed by atoms with Gasteiger partial charge in [-0.15, -0.1) is 0 Å². The topological polar surface area (TPSA) is 81.9 Å². The third-order valence-corrected chi connectivity index (χ3v) is 5.76. The van der Waals surface area contributed by atoms with Crippen molar-refractivity contribution in [1.29, 1.82) is 0 Å². The zero-order valence-electron chi connectivity index (χ0n) is 18.0. The third kappa shape index (κ3) is 4.50. The molecule has 0 spiro atoms. The highest BCUT2D eigenvalue weighted by Gasteiger charge is 2.44. The molecule has 0 bridgehead atoms. The molecule has 164 valence electrons. The molecule has 1 atom stereocenters. The van der Waals surface area contributed by atoms with Crippen LogP contribution in [0, 0.1) is 0 Å². The summed E-state index contributed by atoms with van der Waals surface area (Å²) in [4.78, 5) is 27.3. The summed E-state index contributed by atoms with van der Waals surface area (Å²) in [5.74, 6) is -0.162. The monoisotopic (exact) mass is 430 g/mol. The minimum absolute atomic E-state index is 0.0912. The molecule has 4 rings (SSSR count). The second kappa shape index (κ2) is 9.24. The van der Waals surface area contributed by atoms with Gasteiger partial charge in [-0.25, -0.2) is 0 Å². The Kier molecular flexibility index (Phi) is 6.23. The lowest BCUT2D eigenvalue weighted by molar-refractivity contribution is -0.153. The van der Waals surface area contributed by atoms with Gasteiger partial charge in [0.05, 0.1) is 20.3 Å². The van der Waals surface area contributed by atoms with E-state index in [4.69, 9.17) is 15.2 Å². The van der Waals surface area contributed by atoms with E-state index in [0.717, 1.165) is 16.7 Å². The Labute approximate surface area is 187 Å². The van der Waals surface area contributed by atoms with Crippen molar-refractivity contribution in [2.45, 2.75) is 12.0 Å². The predicted molar refractivity (Wildman–Crippen MR) is 122 cm³/mol. The summed E-state index contributed by atoms with van der Waals surface area (Å²) < 4.78 is 11.2. The van der Waals surface area contributed by atoms with Gasteiger partial charge < -0.3 is 20.1 Å². The van der Waals surface area contributed by atoms with E-state index < -0.39 is 11.5 Å². The van der Waals surface area contributed by atoms with Gasteiger partial charge in [0.1, 0.15) is 5.75 Å². The molecule has 1 saturated heterocycles. The van der Waals surface area contributed by atoms with Crippen molar-refractivity contribution in [1.82, 2.24) is 4.90 Å². The van der Waals surface area contributed by atoms with Gasteiger partial charge in [0.15, 0.2) is 5.60 Å². The molecule has 2 amide bonds. The maximum atomic E-state index is 13.1. The van der Waals surface area contributed by atoms with Crippen molar-refractivity contribution in [3.05, 3.63) is 90.0 Å². The number of benzene rings is 3. The molecular formula is C26H26N2O4. The molecule has 6 nitrogen and oxygen atoms in total. The summed E-state index contributed by atoms with van der Waals surface area (Å²) in [7, 11) is 1.56. The molecule has 0 radical (unpaired) electrons. The quantitative estimate of drug-likeness (QED) is 0.651. The molecule has 2 N–H and O–H groups in total. The van der Waals surface area contributed by atoms with Crippen LogP contribution >= 0.6 is 0 Å². The zero-order chi connectivity index (χ0) is 22.6. The molecule has 0 unspecified atom stereocenters. The number of methoxy groups -OCH3 is 1. The summed E-state index contributed by atoms with van der Waals surface area (Å²) in [5, 5.41) is 0. The van der Waals surface area contributed by atoms with Gasteiger partial charge >= 0.3 is 0 Å². The van der Waals surface area contributed by atoms with Gasteiger partial charge in [0.2, 0.25) is 0 Å². The highest BCUT2D eigenvalue weighted by molar-refractivity contribution is 5.95. The van der Waals surface area contributed by atoms with Crippen LogP contribution in [0.1, 0.15) is 15.9 Å². The molecule has 0 aliphatic carbocycles. The van der Waals surface area contributed by atoms with Crippen molar-refractivity contribution < 1.29 is 19.1 Å². The van der Waals surface area contributed by atoms with Gasteiger partial charge in [-0.2, -0.15) is 0 Å². The number of ether oxygens (including phenoxy) is 2. The number of primary amides is 1. The molecule has 1 heterocycles. The van der Waals surface area contributed by atoms with Gasteiger partial charge in [-0.3, -0.25) is 9.59 Å². The minimum Gasteiger partial charge on any atom is -0.497 e. The largest absolute Gasteiger partial charge is 0.497 e. The van der Waals surface area contributed by atoms with Crippen LogP contribution in [-0.4, -0.2) is 49.1 Å². The summed E-state index contributed by atoms with van der Waals surface area (Å²) in [6.45, 7) is 0.708. The third-order valence-electron chi connectivity index (χ3n) is 5.76. The number of nitrogens with two attached hydrogens (primary N) is 1. The Hall–Kier alpha value is -3.64. The van der Waals surface area contributed by atoms with Crippen LogP contribution in [-0.2, 0) is 16.0 Å². The summed E-state index contributed by atoms with van der Waals surface area (Å²) >= 11 is 0. The molecule has 0 saturated carbocycles. The predicted octanol–water partition coefficient (Wildman–Crippen LogP) is 3.30. The van der Waals surface area contributed by atoms with Gasteiger partial charge in [0.25, 0.3) is 11.8 Å². The number of hydrogen-bond acceptors (Lipinski definition) is 4. The molecule has 1 aliphatic rings. The lowest BCUT2D eigenvalue weighted by Crippen LogP contribution is -2.61. The number of morpholine rings is 1. The number of rotatable bonds is 6. The van der Waals surface area contributed by atoms with E-state index in [1.807, 2.05) is 54.6 Å². The van der Waals surface area contributed by atoms with Crippen molar-refractivity contribution >= 4 is 11.8 Å². The highest BCUT2D eigenvalue weighted by atomic mass is 16.5. The summed E-state index contributed by atoms with van der Waals surface area (Å²) in [6, 6.07) is 24.9. The molecule has 32 heavy (non-hydrogen) atoms. The van der Waals surface area contributed by atoms with Crippen LogP contribution < -0.4 is 10.5 Å². The fourth-order valence-electron chi connectivity index (χ4n) is 4.06. The standard InChI is InChI=1S/C26H26N2O4/c1-31-23-12-6-11-22(16-23)24(29)28-13-14-32-26(18-28,25(27)30)17-19-7-5-10-21(15-19)20-8-3-2-4-9-20/h2-12,15-16H,13-14,17-18H2,1H3,(H2,27,30)/t26-/m1/s1. The number of nitrogens with zero attached hydrogens (tertiary/aromatic N) is 1. The Morgan fingerprint density at radius 1 is 1.00 bits per heavy atom. The van der Waals surface area contributed by atoms with Crippen LogP contribution in [0.3, 0.4) is 0 Å². The van der Waals surface area contributed by atoms with E-state index >= 15 is 0 Å². The van der Waals surface area contributed by atoms with Crippen LogP contribution in [0.25, 0.3) is 11.1 Å². The van der Waals surface area contributed by atoms with Gasteiger partial charge in [-0.05, 0) is 34.9 Å². The first-order valence-corrected chi connectivity index (χ1v) is 10.5. The molecule has 3 aromatic rings. The van der Waals surface area contributed by atoms with Crippen molar-refractivity contribution in [2.24, 2.45) is 5.73 Å².